The van der Waals surface area contributed by atoms with Gasteiger partial charge < -0.3 is 14.7 Å². The quantitative estimate of drug-likeness (QED) is 0.911. The van der Waals surface area contributed by atoms with Crippen LogP contribution in [-0.2, 0) is 0 Å². The molecular formula is C17H25N5O2. The molecular weight excluding hydrogens is 306 g/mol. The largest absolute Gasteiger partial charge is 0.348 e. The zero-order chi connectivity index (χ0) is 17.4. The van der Waals surface area contributed by atoms with Crippen LogP contribution in [0, 0.1) is 13.8 Å². The van der Waals surface area contributed by atoms with Crippen LogP contribution in [0.3, 0.4) is 0 Å². The molecule has 0 radical (unpaired) electrons. The minimum atomic E-state index is -0.106. The van der Waals surface area contributed by atoms with Gasteiger partial charge in [-0.3, -0.25) is 9.69 Å². The fourth-order valence-electron chi connectivity index (χ4n) is 3.36. The summed E-state index contributed by atoms with van der Waals surface area (Å²) in [6, 6.07) is 2.12. The Morgan fingerprint density at radius 1 is 1.38 bits per heavy atom. The maximum Gasteiger partial charge on any atom is 0.258 e. The van der Waals surface area contributed by atoms with Crippen molar-refractivity contribution >= 4 is 17.0 Å². The van der Waals surface area contributed by atoms with Crippen molar-refractivity contribution in [2.45, 2.75) is 32.9 Å². The molecule has 2 atom stereocenters. The van der Waals surface area contributed by atoms with Crippen LogP contribution in [0.1, 0.15) is 28.7 Å². The fourth-order valence-corrected chi connectivity index (χ4v) is 3.36. The molecule has 0 spiro atoms. The summed E-state index contributed by atoms with van der Waals surface area (Å²) in [7, 11) is 4.23. The number of aryl methyl sites for hydroxylation is 2. The molecule has 1 N–H and O–H groups in total. The Morgan fingerprint density at radius 3 is 2.88 bits per heavy atom. The molecule has 7 nitrogen and oxygen atoms in total. The standard InChI is InChI=1S/C17H25N5O2/c1-10-8-13(15-12(3)20-24-17(15)18-10)16(23)19-11(2)14-9-21(4)6-7-22(14)5/h8,11,14H,6-7,9H2,1-5H3,(H,19,23). The third kappa shape index (κ3) is 3.14. The highest BCUT2D eigenvalue weighted by Crippen LogP contribution is 2.22. The van der Waals surface area contributed by atoms with E-state index in [4.69, 9.17) is 4.52 Å². The molecule has 0 aromatic carbocycles. The van der Waals surface area contributed by atoms with Gasteiger partial charge in [-0.05, 0) is 40.9 Å². The number of likely N-dealkylation sites (N-methyl/N-ethyl adjacent to an activating group) is 2. The summed E-state index contributed by atoms with van der Waals surface area (Å²) in [5.74, 6) is -0.106. The van der Waals surface area contributed by atoms with E-state index in [9.17, 15) is 4.79 Å². The van der Waals surface area contributed by atoms with Crippen LogP contribution in [-0.4, -0.2) is 71.7 Å². The van der Waals surface area contributed by atoms with Crippen LogP contribution >= 0.6 is 0 Å². The summed E-state index contributed by atoms with van der Waals surface area (Å²) < 4.78 is 5.22. The lowest BCUT2D eigenvalue weighted by atomic mass is 10.0. The van der Waals surface area contributed by atoms with E-state index in [1.165, 1.54) is 0 Å². The number of rotatable bonds is 3. The van der Waals surface area contributed by atoms with Crippen LogP contribution < -0.4 is 5.32 Å². The molecule has 0 bridgehead atoms. The first-order valence-electron chi connectivity index (χ1n) is 8.30. The molecule has 1 fully saturated rings. The number of hydrogen-bond acceptors (Lipinski definition) is 6. The molecule has 0 saturated carbocycles. The van der Waals surface area contributed by atoms with Crippen LogP contribution in [0.2, 0.25) is 0 Å². The second-order valence-electron chi connectivity index (χ2n) is 6.83. The smallest absolute Gasteiger partial charge is 0.258 e. The highest BCUT2D eigenvalue weighted by Gasteiger charge is 2.29. The SMILES string of the molecule is Cc1cc(C(=O)NC(C)C2CN(C)CCN2C)c2c(C)noc2n1. The number of piperazine rings is 1. The maximum atomic E-state index is 12.9. The van der Waals surface area contributed by atoms with Gasteiger partial charge in [0.05, 0.1) is 16.6 Å². The number of pyridine rings is 1. The number of fused-ring (bicyclic) bond motifs is 1. The second-order valence-corrected chi connectivity index (χ2v) is 6.83. The minimum Gasteiger partial charge on any atom is -0.348 e. The van der Waals surface area contributed by atoms with Crippen LogP contribution in [0.15, 0.2) is 10.6 Å². The molecule has 24 heavy (non-hydrogen) atoms. The summed E-state index contributed by atoms with van der Waals surface area (Å²) in [5.41, 5.74) is 2.42. The summed E-state index contributed by atoms with van der Waals surface area (Å²) >= 11 is 0. The van der Waals surface area contributed by atoms with Crippen LogP contribution in [0.4, 0.5) is 0 Å². The maximum absolute atomic E-state index is 12.9. The van der Waals surface area contributed by atoms with Gasteiger partial charge in [0.25, 0.3) is 11.6 Å². The van der Waals surface area contributed by atoms with E-state index in [-0.39, 0.29) is 18.0 Å². The highest BCUT2D eigenvalue weighted by molar-refractivity contribution is 6.06. The molecule has 3 rings (SSSR count). The minimum absolute atomic E-state index is 0.0361. The Hall–Kier alpha value is -1.99. The monoisotopic (exact) mass is 331 g/mol. The van der Waals surface area contributed by atoms with Gasteiger partial charge in [0.15, 0.2) is 0 Å². The van der Waals surface area contributed by atoms with Crippen molar-refractivity contribution in [3.05, 3.63) is 23.0 Å². The number of carbonyl (C=O) groups excluding carboxylic acids is 1. The Bertz CT molecular complexity index is 757. The molecule has 2 aromatic rings. The summed E-state index contributed by atoms with van der Waals surface area (Å²) in [5, 5.41) is 7.78. The molecule has 1 aliphatic heterocycles. The van der Waals surface area contributed by atoms with E-state index in [1.807, 2.05) is 13.8 Å². The number of aromatic nitrogens is 2. The van der Waals surface area contributed by atoms with E-state index in [0.717, 1.165) is 25.3 Å². The highest BCUT2D eigenvalue weighted by atomic mass is 16.5. The summed E-state index contributed by atoms with van der Waals surface area (Å²) in [6.45, 7) is 8.73. The predicted octanol–water partition coefficient (Wildman–Crippen LogP) is 1.20. The molecule has 0 aliphatic carbocycles. The van der Waals surface area contributed by atoms with Gasteiger partial charge in [0, 0.05) is 37.4 Å². The van der Waals surface area contributed by atoms with Crippen molar-refractivity contribution in [3.8, 4) is 0 Å². The van der Waals surface area contributed by atoms with E-state index >= 15 is 0 Å². The van der Waals surface area contributed by atoms with Crippen molar-refractivity contribution in [1.29, 1.82) is 0 Å². The number of hydrogen-bond donors (Lipinski definition) is 1. The van der Waals surface area contributed by atoms with Gasteiger partial charge in [-0.2, -0.15) is 0 Å². The number of nitrogens with zero attached hydrogens (tertiary/aromatic N) is 4. The van der Waals surface area contributed by atoms with Crippen molar-refractivity contribution in [1.82, 2.24) is 25.3 Å². The molecule has 1 amide bonds. The number of carbonyl (C=O) groups is 1. The summed E-state index contributed by atoms with van der Waals surface area (Å²) in [4.78, 5) is 21.8. The van der Waals surface area contributed by atoms with E-state index < -0.39 is 0 Å². The molecule has 3 heterocycles. The Morgan fingerprint density at radius 2 is 2.12 bits per heavy atom. The molecule has 1 aliphatic rings. The summed E-state index contributed by atoms with van der Waals surface area (Å²) in [6.07, 6.45) is 0. The number of nitrogens with one attached hydrogen (secondary N) is 1. The van der Waals surface area contributed by atoms with Crippen molar-refractivity contribution in [3.63, 3.8) is 0 Å². The van der Waals surface area contributed by atoms with Crippen LogP contribution in [0.25, 0.3) is 11.1 Å². The lowest BCUT2D eigenvalue weighted by Gasteiger charge is -2.41. The first-order valence-corrected chi connectivity index (χ1v) is 8.30. The molecule has 7 heteroatoms. The fraction of sp³-hybridized carbons (Fsp3) is 0.588. The van der Waals surface area contributed by atoms with Gasteiger partial charge in [-0.1, -0.05) is 5.16 Å². The van der Waals surface area contributed by atoms with Crippen molar-refractivity contribution in [2.75, 3.05) is 33.7 Å². The van der Waals surface area contributed by atoms with E-state index in [2.05, 4.69) is 46.3 Å². The Labute approximate surface area is 142 Å². The van der Waals surface area contributed by atoms with E-state index in [1.54, 1.807) is 6.07 Å². The number of amides is 1. The molecule has 130 valence electrons. The second kappa shape index (κ2) is 6.49. The normalized spacial score (nSPS) is 21.1. The lowest BCUT2D eigenvalue weighted by molar-refractivity contribution is 0.0773. The van der Waals surface area contributed by atoms with Gasteiger partial charge in [-0.25, -0.2) is 4.98 Å². The molecule has 1 saturated heterocycles. The zero-order valence-corrected chi connectivity index (χ0v) is 15.0. The average Bonchev–Trinajstić information content (AvgIpc) is 2.89. The van der Waals surface area contributed by atoms with Gasteiger partial charge in [-0.15, -0.1) is 0 Å². The first kappa shape index (κ1) is 16.9. The van der Waals surface area contributed by atoms with Crippen molar-refractivity contribution < 1.29 is 9.32 Å². The third-order valence-corrected chi connectivity index (χ3v) is 4.83. The zero-order valence-electron chi connectivity index (χ0n) is 15.0. The van der Waals surface area contributed by atoms with Crippen molar-refractivity contribution in [2.24, 2.45) is 0 Å². The van der Waals surface area contributed by atoms with Gasteiger partial charge in [0.1, 0.15) is 0 Å². The topological polar surface area (TPSA) is 74.5 Å². The van der Waals surface area contributed by atoms with Crippen LogP contribution in [0.5, 0.6) is 0 Å². The predicted molar refractivity (Wildman–Crippen MR) is 92.1 cm³/mol. The average molecular weight is 331 g/mol. The molecule has 2 aromatic heterocycles. The van der Waals surface area contributed by atoms with Gasteiger partial charge in [0.2, 0.25) is 0 Å². The first-order chi connectivity index (χ1) is 11.4. The van der Waals surface area contributed by atoms with Gasteiger partial charge >= 0.3 is 0 Å². The Balaban J connectivity index is 1.83. The molecule has 2 unspecified atom stereocenters. The lowest BCUT2D eigenvalue weighted by Crippen LogP contribution is -2.58. The van der Waals surface area contributed by atoms with E-state index in [0.29, 0.717) is 22.4 Å². The Kier molecular flexibility index (Phi) is 4.56. The third-order valence-electron chi connectivity index (χ3n) is 4.83.